The Morgan fingerprint density at radius 3 is 2.48 bits per heavy atom. The molecular formula is C17H18INO2. The molecule has 2 rings (SSSR count). The predicted molar refractivity (Wildman–Crippen MR) is 92.8 cm³/mol. The van der Waals surface area contributed by atoms with Crippen LogP contribution in [0.4, 0.5) is 0 Å². The number of benzene rings is 2. The normalized spacial score (nSPS) is 10.2. The van der Waals surface area contributed by atoms with Crippen LogP contribution in [0.3, 0.4) is 0 Å². The maximum absolute atomic E-state index is 12.3. The van der Waals surface area contributed by atoms with E-state index in [-0.39, 0.29) is 5.91 Å². The summed E-state index contributed by atoms with van der Waals surface area (Å²) in [5.41, 5.74) is 1.93. The third-order valence-corrected chi connectivity index (χ3v) is 4.11. The van der Waals surface area contributed by atoms with Gasteiger partial charge in [0.1, 0.15) is 12.4 Å². The fourth-order valence-corrected chi connectivity index (χ4v) is 2.49. The van der Waals surface area contributed by atoms with E-state index in [1.54, 1.807) is 11.9 Å². The summed E-state index contributed by atoms with van der Waals surface area (Å²) in [7, 11) is 1.80. The molecule has 21 heavy (non-hydrogen) atoms. The van der Waals surface area contributed by atoms with Crippen LogP contribution in [0.25, 0.3) is 0 Å². The number of carbonyl (C=O) groups is 1. The van der Waals surface area contributed by atoms with Crippen molar-refractivity contribution in [2.45, 2.75) is 6.92 Å². The number of hydrogen-bond acceptors (Lipinski definition) is 2. The van der Waals surface area contributed by atoms with Crippen molar-refractivity contribution in [3.05, 3.63) is 63.2 Å². The summed E-state index contributed by atoms with van der Waals surface area (Å²) in [5, 5.41) is 0. The Bertz CT molecular complexity index is 610. The summed E-state index contributed by atoms with van der Waals surface area (Å²) in [6.45, 7) is 3.07. The van der Waals surface area contributed by atoms with E-state index in [4.69, 9.17) is 4.74 Å². The fourth-order valence-electron chi connectivity index (χ4n) is 1.88. The summed E-state index contributed by atoms with van der Waals surface area (Å²) in [5.74, 6) is 0.850. The minimum Gasteiger partial charge on any atom is -0.492 e. The number of rotatable bonds is 5. The highest BCUT2D eigenvalue weighted by Crippen LogP contribution is 2.14. The number of ether oxygens (including phenoxy) is 1. The Labute approximate surface area is 139 Å². The number of carbonyl (C=O) groups excluding carboxylic acids is 1. The largest absolute Gasteiger partial charge is 0.492 e. The van der Waals surface area contributed by atoms with Gasteiger partial charge in [0, 0.05) is 10.6 Å². The molecule has 3 nitrogen and oxygen atoms in total. The van der Waals surface area contributed by atoms with Gasteiger partial charge in [-0.3, -0.25) is 4.79 Å². The fraction of sp³-hybridized carbons (Fsp3) is 0.235. The van der Waals surface area contributed by atoms with Gasteiger partial charge < -0.3 is 9.64 Å². The van der Waals surface area contributed by atoms with Crippen LogP contribution in [0.15, 0.2) is 48.5 Å². The average molecular weight is 395 g/mol. The Kier molecular flexibility index (Phi) is 5.61. The third-order valence-electron chi connectivity index (χ3n) is 3.17. The molecule has 0 aliphatic heterocycles. The molecule has 0 heterocycles. The Morgan fingerprint density at radius 2 is 1.81 bits per heavy atom. The predicted octanol–water partition coefficient (Wildman–Crippen LogP) is 3.75. The number of likely N-dealkylation sites (N-methyl/N-ethyl adjacent to an activating group) is 1. The maximum atomic E-state index is 12.3. The summed E-state index contributed by atoms with van der Waals surface area (Å²) in [6, 6.07) is 15.5. The molecule has 0 radical (unpaired) electrons. The van der Waals surface area contributed by atoms with E-state index in [2.05, 4.69) is 22.6 Å². The molecule has 0 N–H and O–H groups in total. The molecule has 0 saturated carbocycles. The van der Waals surface area contributed by atoms with Crippen molar-refractivity contribution in [2.24, 2.45) is 0 Å². The molecule has 1 amide bonds. The number of hydrogen-bond donors (Lipinski definition) is 0. The van der Waals surface area contributed by atoms with E-state index in [0.29, 0.717) is 13.2 Å². The van der Waals surface area contributed by atoms with Crippen LogP contribution in [0.2, 0.25) is 0 Å². The lowest BCUT2D eigenvalue weighted by molar-refractivity contribution is 0.0772. The lowest BCUT2D eigenvalue weighted by Gasteiger charge is -2.18. The highest BCUT2D eigenvalue weighted by Gasteiger charge is 2.13. The number of amides is 1. The van der Waals surface area contributed by atoms with Gasteiger partial charge in [0.25, 0.3) is 5.91 Å². The number of aryl methyl sites for hydroxylation is 1. The molecule has 0 aliphatic carbocycles. The van der Waals surface area contributed by atoms with E-state index in [9.17, 15) is 4.79 Å². The van der Waals surface area contributed by atoms with Gasteiger partial charge in [0.2, 0.25) is 0 Å². The van der Waals surface area contributed by atoms with E-state index in [0.717, 1.165) is 14.9 Å². The molecule has 0 spiro atoms. The molecule has 2 aromatic carbocycles. The van der Waals surface area contributed by atoms with Crippen LogP contribution in [-0.4, -0.2) is 31.0 Å². The molecule has 0 aliphatic rings. The van der Waals surface area contributed by atoms with Gasteiger partial charge in [0.05, 0.1) is 12.1 Å². The smallest absolute Gasteiger partial charge is 0.254 e. The Hall–Kier alpha value is -1.56. The van der Waals surface area contributed by atoms with Crippen molar-refractivity contribution >= 4 is 28.5 Å². The number of nitrogens with zero attached hydrogens (tertiary/aromatic N) is 1. The first-order valence-corrected chi connectivity index (χ1v) is 7.85. The summed E-state index contributed by atoms with van der Waals surface area (Å²) in [4.78, 5) is 14.0. The average Bonchev–Trinajstić information content (AvgIpc) is 2.49. The number of halogens is 1. The quantitative estimate of drug-likeness (QED) is 0.722. The Balaban J connectivity index is 1.87. The van der Waals surface area contributed by atoms with Crippen LogP contribution < -0.4 is 4.74 Å². The Morgan fingerprint density at radius 1 is 1.14 bits per heavy atom. The molecule has 110 valence electrons. The molecule has 4 heteroatoms. The van der Waals surface area contributed by atoms with Gasteiger partial charge in [-0.25, -0.2) is 0 Å². The minimum atomic E-state index is 0.0208. The van der Waals surface area contributed by atoms with Gasteiger partial charge in [0.15, 0.2) is 0 Å². The molecular weight excluding hydrogens is 377 g/mol. The van der Waals surface area contributed by atoms with Crippen LogP contribution >= 0.6 is 22.6 Å². The third kappa shape index (κ3) is 4.46. The van der Waals surface area contributed by atoms with Crippen LogP contribution in [0.5, 0.6) is 5.75 Å². The zero-order valence-corrected chi connectivity index (χ0v) is 14.3. The first kappa shape index (κ1) is 15.8. The van der Waals surface area contributed by atoms with Crippen molar-refractivity contribution in [1.82, 2.24) is 4.90 Å². The van der Waals surface area contributed by atoms with Gasteiger partial charge >= 0.3 is 0 Å². The lowest BCUT2D eigenvalue weighted by Crippen LogP contribution is -2.31. The zero-order chi connectivity index (χ0) is 15.2. The molecule has 0 aromatic heterocycles. The SMILES string of the molecule is Cc1ccc(OCCN(C)C(=O)c2ccccc2I)cc1. The second kappa shape index (κ2) is 7.45. The lowest BCUT2D eigenvalue weighted by atomic mass is 10.2. The first-order chi connectivity index (χ1) is 10.1. The summed E-state index contributed by atoms with van der Waals surface area (Å²) in [6.07, 6.45) is 0. The van der Waals surface area contributed by atoms with Crippen molar-refractivity contribution < 1.29 is 9.53 Å². The summed E-state index contributed by atoms with van der Waals surface area (Å²) < 4.78 is 6.62. The summed E-state index contributed by atoms with van der Waals surface area (Å²) >= 11 is 2.18. The van der Waals surface area contributed by atoms with E-state index >= 15 is 0 Å². The molecule has 0 fully saturated rings. The van der Waals surface area contributed by atoms with Gasteiger partial charge in [-0.1, -0.05) is 29.8 Å². The van der Waals surface area contributed by atoms with Crippen LogP contribution in [0, 0.1) is 10.5 Å². The van der Waals surface area contributed by atoms with Crippen LogP contribution in [0.1, 0.15) is 15.9 Å². The highest BCUT2D eigenvalue weighted by molar-refractivity contribution is 14.1. The molecule has 0 unspecified atom stereocenters. The minimum absolute atomic E-state index is 0.0208. The van der Waals surface area contributed by atoms with Crippen molar-refractivity contribution in [3.8, 4) is 5.75 Å². The molecule has 0 atom stereocenters. The van der Waals surface area contributed by atoms with E-state index < -0.39 is 0 Å². The van der Waals surface area contributed by atoms with Crippen molar-refractivity contribution in [3.63, 3.8) is 0 Å². The van der Waals surface area contributed by atoms with Crippen LogP contribution in [-0.2, 0) is 0 Å². The van der Waals surface area contributed by atoms with E-state index in [1.807, 2.05) is 55.5 Å². The van der Waals surface area contributed by atoms with Crippen molar-refractivity contribution in [1.29, 1.82) is 0 Å². The first-order valence-electron chi connectivity index (χ1n) is 6.77. The van der Waals surface area contributed by atoms with Crippen molar-refractivity contribution in [2.75, 3.05) is 20.2 Å². The van der Waals surface area contributed by atoms with Gasteiger partial charge in [-0.05, 0) is 53.8 Å². The van der Waals surface area contributed by atoms with E-state index in [1.165, 1.54) is 5.56 Å². The van der Waals surface area contributed by atoms with Gasteiger partial charge in [-0.2, -0.15) is 0 Å². The molecule has 0 saturated heterocycles. The second-order valence-electron chi connectivity index (χ2n) is 4.87. The van der Waals surface area contributed by atoms with Gasteiger partial charge in [-0.15, -0.1) is 0 Å². The topological polar surface area (TPSA) is 29.5 Å². The highest BCUT2D eigenvalue weighted by atomic mass is 127. The standard InChI is InChI=1S/C17H18INO2/c1-13-7-9-14(10-8-13)21-12-11-19(2)17(20)15-5-3-4-6-16(15)18/h3-10H,11-12H2,1-2H3. The zero-order valence-electron chi connectivity index (χ0n) is 12.2. The maximum Gasteiger partial charge on any atom is 0.254 e. The molecule has 2 aromatic rings. The molecule has 0 bridgehead atoms. The second-order valence-corrected chi connectivity index (χ2v) is 6.03. The monoisotopic (exact) mass is 395 g/mol.